The van der Waals surface area contributed by atoms with Crippen LogP contribution < -0.4 is 5.73 Å². The molecule has 2 N–H and O–H groups in total. The Morgan fingerprint density at radius 1 is 1.10 bits per heavy atom. The Kier molecular flexibility index (Phi) is 4.91. The molecule has 1 saturated carbocycles. The second kappa shape index (κ2) is 6.31. The number of piperazine rings is 1. The van der Waals surface area contributed by atoms with Crippen molar-refractivity contribution >= 4 is 6.09 Å². The van der Waals surface area contributed by atoms with Crippen LogP contribution in [0.3, 0.4) is 0 Å². The molecule has 2 fully saturated rings. The summed E-state index contributed by atoms with van der Waals surface area (Å²) in [6.07, 6.45) is 4.69. The third-order valence-corrected chi connectivity index (χ3v) is 4.22. The lowest BCUT2D eigenvalue weighted by Crippen LogP contribution is -2.57. The predicted octanol–water partition coefficient (Wildman–Crippen LogP) is 1.81. The zero-order valence-electron chi connectivity index (χ0n) is 13.1. The SMILES string of the molecule is CC(C)(C)OC(=O)N1CCN(C2CCCCC2N)CC1. The van der Waals surface area contributed by atoms with Gasteiger partial charge >= 0.3 is 6.09 Å². The second-order valence-electron chi connectivity index (χ2n) is 7.02. The highest BCUT2D eigenvalue weighted by atomic mass is 16.6. The molecule has 0 bridgehead atoms. The zero-order chi connectivity index (χ0) is 14.8. The molecule has 1 heterocycles. The van der Waals surface area contributed by atoms with Crippen molar-refractivity contribution in [2.75, 3.05) is 26.2 Å². The van der Waals surface area contributed by atoms with Crippen LogP contribution in [0.4, 0.5) is 4.79 Å². The Morgan fingerprint density at radius 2 is 1.70 bits per heavy atom. The van der Waals surface area contributed by atoms with Crippen LogP contribution in [0.15, 0.2) is 0 Å². The van der Waals surface area contributed by atoms with Gasteiger partial charge in [-0.2, -0.15) is 0 Å². The van der Waals surface area contributed by atoms with Crippen LogP contribution >= 0.6 is 0 Å². The minimum absolute atomic E-state index is 0.190. The van der Waals surface area contributed by atoms with E-state index in [9.17, 15) is 4.79 Å². The molecule has 1 aliphatic heterocycles. The van der Waals surface area contributed by atoms with Crippen LogP contribution in [0.25, 0.3) is 0 Å². The lowest BCUT2D eigenvalue weighted by atomic mass is 9.89. The van der Waals surface area contributed by atoms with E-state index in [1.807, 2.05) is 25.7 Å². The first kappa shape index (κ1) is 15.6. The molecule has 2 atom stereocenters. The number of carbonyl (C=O) groups is 1. The average Bonchev–Trinajstić information content (AvgIpc) is 2.37. The molecule has 0 radical (unpaired) electrons. The Morgan fingerprint density at radius 3 is 2.25 bits per heavy atom. The molecule has 5 nitrogen and oxygen atoms in total. The summed E-state index contributed by atoms with van der Waals surface area (Å²) in [6.45, 7) is 9.04. The van der Waals surface area contributed by atoms with Gasteiger partial charge in [0, 0.05) is 38.3 Å². The van der Waals surface area contributed by atoms with Crippen LogP contribution in [0.5, 0.6) is 0 Å². The summed E-state index contributed by atoms with van der Waals surface area (Å²) in [5, 5.41) is 0. The molecule has 2 unspecified atom stereocenters. The van der Waals surface area contributed by atoms with Gasteiger partial charge in [-0.1, -0.05) is 12.8 Å². The Hall–Kier alpha value is -0.810. The molecule has 1 amide bonds. The number of nitrogens with two attached hydrogens (primary N) is 1. The van der Waals surface area contributed by atoms with E-state index >= 15 is 0 Å². The monoisotopic (exact) mass is 283 g/mol. The predicted molar refractivity (Wildman–Crippen MR) is 79.6 cm³/mol. The molecular weight excluding hydrogens is 254 g/mol. The van der Waals surface area contributed by atoms with Crippen molar-refractivity contribution < 1.29 is 9.53 Å². The van der Waals surface area contributed by atoms with E-state index < -0.39 is 5.60 Å². The average molecular weight is 283 g/mol. The molecular formula is C15H29N3O2. The minimum Gasteiger partial charge on any atom is -0.444 e. The summed E-state index contributed by atoms with van der Waals surface area (Å²) in [4.78, 5) is 16.3. The van der Waals surface area contributed by atoms with E-state index in [0.29, 0.717) is 12.1 Å². The van der Waals surface area contributed by atoms with Gasteiger partial charge in [0.05, 0.1) is 0 Å². The number of nitrogens with zero attached hydrogens (tertiary/aromatic N) is 2. The Bertz CT molecular complexity index is 333. The fourth-order valence-corrected chi connectivity index (χ4v) is 3.16. The quantitative estimate of drug-likeness (QED) is 0.797. The number of hydrogen-bond acceptors (Lipinski definition) is 4. The van der Waals surface area contributed by atoms with Gasteiger partial charge in [-0.15, -0.1) is 0 Å². The van der Waals surface area contributed by atoms with Gasteiger partial charge in [0.15, 0.2) is 0 Å². The maximum absolute atomic E-state index is 12.0. The Labute approximate surface area is 122 Å². The molecule has 0 aromatic heterocycles. The van der Waals surface area contributed by atoms with Gasteiger partial charge in [0.2, 0.25) is 0 Å². The van der Waals surface area contributed by atoms with Gasteiger partial charge in [0.25, 0.3) is 0 Å². The molecule has 1 saturated heterocycles. The topological polar surface area (TPSA) is 58.8 Å². The summed E-state index contributed by atoms with van der Waals surface area (Å²) in [5.41, 5.74) is 5.82. The fraction of sp³-hybridized carbons (Fsp3) is 0.933. The lowest BCUT2D eigenvalue weighted by Gasteiger charge is -2.43. The van der Waals surface area contributed by atoms with Crippen LogP contribution in [-0.2, 0) is 4.74 Å². The number of carbonyl (C=O) groups excluding carboxylic acids is 1. The summed E-state index contributed by atoms with van der Waals surface area (Å²) in [6, 6.07) is 0.807. The maximum Gasteiger partial charge on any atom is 0.410 e. The van der Waals surface area contributed by atoms with E-state index in [4.69, 9.17) is 10.5 Å². The van der Waals surface area contributed by atoms with E-state index in [-0.39, 0.29) is 6.09 Å². The molecule has 2 rings (SSSR count). The number of amides is 1. The van der Waals surface area contributed by atoms with Crippen molar-refractivity contribution in [3.05, 3.63) is 0 Å². The third kappa shape index (κ3) is 4.09. The normalized spacial score (nSPS) is 29.3. The molecule has 116 valence electrons. The van der Waals surface area contributed by atoms with E-state index in [1.54, 1.807) is 0 Å². The fourth-order valence-electron chi connectivity index (χ4n) is 3.16. The highest BCUT2D eigenvalue weighted by Gasteiger charge is 2.32. The third-order valence-electron chi connectivity index (χ3n) is 4.22. The number of ether oxygens (including phenoxy) is 1. The second-order valence-corrected chi connectivity index (χ2v) is 7.02. The van der Waals surface area contributed by atoms with E-state index in [2.05, 4.69) is 4.90 Å². The van der Waals surface area contributed by atoms with Gasteiger partial charge in [0.1, 0.15) is 5.60 Å². The first-order valence-corrected chi connectivity index (χ1v) is 7.84. The van der Waals surface area contributed by atoms with Gasteiger partial charge in [-0.25, -0.2) is 4.79 Å². The van der Waals surface area contributed by atoms with Gasteiger partial charge < -0.3 is 15.4 Å². The zero-order valence-corrected chi connectivity index (χ0v) is 13.1. The standard InChI is InChI=1S/C15H29N3O2/c1-15(2,3)20-14(19)18-10-8-17(9-11-18)13-7-5-4-6-12(13)16/h12-13H,4-11,16H2,1-3H3. The largest absolute Gasteiger partial charge is 0.444 e. The van der Waals surface area contributed by atoms with Crippen LogP contribution in [-0.4, -0.2) is 59.8 Å². The number of hydrogen-bond donors (Lipinski definition) is 1. The number of rotatable bonds is 1. The van der Waals surface area contributed by atoms with Crippen molar-refractivity contribution in [3.63, 3.8) is 0 Å². The van der Waals surface area contributed by atoms with Crippen LogP contribution in [0.1, 0.15) is 46.5 Å². The van der Waals surface area contributed by atoms with Gasteiger partial charge in [-0.05, 0) is 33.6 Å². The van der Waals surface area contributed by atoms with Crippen LogP contribution in [0, 0.1) is 0 Å². The Balaban J connectivity index is 1.81. The summed E-state index contributed by atoms with van der Waals surface area (Å²) in [7, 11) is 0. The molecule has 0 aromatic carbocycles. The van der Waals surface area contributed by atoms with Gasteiger partial charge in [-0.3, -0.25) is 4.90 Å². The highest BCUT2D eigenvalue weighted by Crippen LogP contribution is 2.23. The minimum atomic E-state index is -0.417. The van der Waals surface area contributed by atoms with Crippen molar-refractivity contribution in [1.82, 2.24) is 9.80 Å². The molecule has 1 aliphatic carbocycles. The summed E-state index contributed by atoms with van der Waals surface area (Å²) in [5.74, 6) is 0. The smallest absolute Gasteiger partial charge is 0.410 e. The highest BCUT2D eigenvalue weighted by molar-refractivity contribution is 5.68. The molecule has 5 heteroatoms. The van der Waals surface area contributed by atoms with Crippen molar-refractivity contribution in [1.29, 1.82) is 0 Å². The van der Waals surface area contributed by atoms with Crippen molar-refractivity contribution in [2.45, 2.75) is 64.1 Å². The summed E-state index contributed by atoms with van der Waals surface area (Å²) >= 11 is 0. The molecule has 0 spiro atoms. The molecule has 20 heavy (non-hydrogen) atoms. The van der Waals surface area contributed by atoms with E-state index in [0.717, 1.165) is 32.6 Å². The summed E-state index contributed by atoms with van der Waals surface area (Å²) < 4.78 is 5.42. The maximum atomic E-state index is 12.0. The first-order valence-electron chi connectivity index (χ1n) is 7.84. The van der Waals surface area contributed by atoms with Crippen molar-refractivity contribution in [2.24, 2.45) is 5.73 Å². The molecule has 2 aliphatic rings. The van der Waals surface area contributed by atoms with Crippen LogP contribution in [0.2, 0.25) is 0 Å². The first-order chi connectivity index (χ1) is 9.37. The van der Waals surface area contributed by atoms with Crippen molar-refractivity contribution in [3.8, 4) is 0 Å². The van der Waals surface area contributed by atoms with E-state index in [1.165, 1.54) is 19.3 Å². The lowest BCUT2D eigenvalue weighted by molar-refractivity contribution is 0.00686. The molecule has 0 aromatic rings.